The molecular formula is C11H11ClO3. The fraction of sp³-hybridized carbons (Fsp3) is 0.182. The zero-order valence-corrected chi connectivity index (χ0v) is 8.78. The molecule has 15 heavy (non-hydrogen) atoms. The van der Waals surface area contributed by atoms with Gasteiger partial charge in [-0.05, 0) is 17.7 Å². The molecule has 0 aromatic heterocycles. The number of carbonyl (C=O) groups is 1. The predicted molar refractivity (Wildman–Crippen MR) is 58.0 cm³/mol. The van der Waals surface area contributed by atoms with Crippen molar-refractivity contribution < 1.29 is 14.6 Å². The molecule has 1 aromatic carbocycles. The summed E-state index contributed by atoms with van der Waals surface area (Å²) in [6.45, 7) is 3.65. The summed E-state index contributed by atoms with van der Waals surface area (Å²) >= 11 is 5.70. The normalized spacial score (nSPS) is 12.1. The van der Waals surface area contributed by atoms with Gasteiger partial charge >= 0.3 is 5.97 Å². The average molecular weight is 227 g/mol. The van der Waals surface area contributed by atoms with Crippen molar-refractivity contribution in [2.24, 2.45) is 0 Å². The van der Waals surface area contributed by atoms with Crippen LogP contribution in [0.3, 0.4) is 0 Å². The van der Waals surface area contributed by atoms with Crippen molar-refractivity contribution in [2.75, 3.05) is 6.61 Å². The number of ether oxygens (including phenoxy) is 1. The Balaban J connectivity index is 2.83. The monoisotopic (exact) mass is 226 g/mol. The molecule has 0 aliphatic carbocycles. The second-order valence-electron chi connectivity index (χ2n) is 2.89. The number of aliphatic carboxylic acids is 1. The topological polar surface area (TPSA) is 46.5 Å². The van der Waals surface area contributed by atoms with Crippen LogP contribution in [0.25, 0.3) is 0 Å². The first-order valence-corrected chi connectivity index (χ1v) is 4.73. The Hall–Kier alpha value is -1.32. The van der Waals surface area contributed by atoms with Gasteiger partial charge < -0.3 is 9.84 Å². The third-order valence-electron chi connectivity index (χ3n) is 1.78. The van der Waals surface area contributed by atoms with Gasteiger partial charge in [-0.1, -0.05) is 29.8 Å². The maximum absolute atomic E-state index is 10.9. The van der Waals surface area contributed by atoms with Crippen LogP contribution in [0.5, 0.6) is 0 Å². The smallest absolute Gasteiger partial charge is 0.337 e. The lowest BCUT2D eigenvalue weighted by Crippen LogP contribution is -2.15. The predicted octanol–water partition coefficient (Wildman–Crippen LogP) is 2.67. The van der Waals surface area contributed by atoms with Crippen LogP contribution in [0.15, 0.2) is 36.9 Å². The largest absolute Gasteiger partial charge is 0.479 e. The standard InChI is InChI=1S/C11H11ClO3/c1-2-7-15-10(11(13)14)8-3-5-9(12)6-4-8/h2-6,10H,1,7H2,(H,13,14). The number of rotatable bonds is 5. The van der Waals surface area contributed by atoms with Gasteiger partial charge in [0, 0.05) is 5.02 Å². The molecule has 0 amide bonds. The zero-order chi connectivity index (χ0) is 11.3. The van der Waals surface area contributed by atoms with Crippen molar-refractivity contribution in [2.45, 2.75) is 6.10 Å². The second-order valence-corrected chi connectivity index (χ2v) is 3.33. The van der Waals surface area contributed by atoms with E-state index in [0.29, 0.717) is 10.6 Å². The highest BCUT2D eigenvalue weighted by atomic mass is 35.5. The van der Waals surface area contributed by atoms with Crippen LogP contribution >= 0.6 is 11.6 Å². The van der Waals surface area contributed by atoms with Crippen molar-refractivity contribution in [3.05, 3.63) is 47.5 Å². The highest BCUT2D eigenvalue weighted by molar-refractivity contribution is 6.30. The molecule has 1 aromatic rings. The molecule has 1 atom stereocenters. The summed E-state index contributed by atoms with van der Waals surface area (Å²) in [5.74, 6) is -1.03. The van der Waals surface area contributed by atoms with Crippen molar-refractivity contribution in [3.63, 3.8) is 0 Å². The summed E-state index contributed by atoms with van der Waals surface area (Å²) in [5.41, 5.74) is 0.564. The number of halogens is 1. The molecule has 4 heteroatoms. The van der Waals surface area contributed by atoms with E-state index in [1.54, 1.807) is 24.3 Å². The maximum atomic E-state index is 10.9. The van der Waals surface area contributed by atoms with E-state index in [-0.39, 0.29) is 6.61 Å². The number of benzene rings is 1. The lowest BCUT2D eigenvalue weighted by molar-refractivity contribution is -0.150. The first-order chi connectivity index (χ1) is 7.15. The summed E-state index contributed by atoms with van der Waals surface area (Å²) in [7, 11) is 0. The first-order valence-electron chi connectivity index (χ1n) is 4.36. The van der Waals surface area contributed by atoms with E-state index in [2.05, 4.69) is 6.58 Å². The molecule has 3 nitrogen and oxygen atoms in total. The van der Waals surface area contributed by atoms with E-state index < -0.39 is 12.1 Å². The number of carboxylic acids is 1. The summed E-state index contributed by atoms with van der Waals surface area (Å²) in [6, 6.07) is 6.52. The summed E-state index contributed by atoms with van der Waals surface area (Å²) in [6.07, 6.45) is 0.534. The molecule has 1 rings (SSSR count). The van der Waals surface area contributed by atoms with Gasteiger partial charge in [-0.3, -0.25) is 0 Å². The van der Waals surface area contributed by atoms with Crippen LogP contribution in [-0.4, -0.2) is 17.7 Å². The zero-order valence-electron chi connectivity index (χ0n) is 8.02. The van der Waals surface area contributed by atoms with Crippen molar-refractivity contribution in [1.29, 1.82) is 0 Å². The van der Waals surface area contributed by atoms with E-state index >= 15 is 0 Å². The van der Waals surface area contributed by atoms with Gasteiger partial charge in [-0.25, -0.2) is 4.79 Å². The van der Waals surface area contributed by atoms with Crippen LogP contribution in [0.4, 0.5) is 0 Å². The Morgan fingerprint density at radius 3 is 2.60 bits per heavy atom. The van der Waals surface area contributed by atoms with E-state index in [4.69, 9.17) is 21.4 Å². The fourth-order valence-electron chi connectivity index (χ4n) is 1.11. The molecule has 0 fully saturated rings. The van der Waals surface area contributed by atoms with E-state index in [9.17, 15) is 4.79 Å². The minimum atomic E-state index is -1.03. The molecule has 0 aliphatic heterocycles. The van der Waals surface area contributed by atoms with Gasteiger partial charge in [0.2, 0.25) is 0 Å². The summed E-state index contributed by atoms with van der Waals surface area (Å²) < 4.78 is 5.12. The molecule has 80 valence electrons. The third kappa shape index (κ3) is 3.38. The van der Waals surface area contributed by atoms with Crippen LogP contribution < -0.4 is 0 Å². The summed E-state index contributed by atoms with van der Waals surface area (Å²) in [5, 5.41) is 9.49. The fourth-order valence-corrected chi connectivity index (χ4v) is 1.24. The number of hydrogen-bond donors (Lipinski definition) is 1. The molecule has 0 aliphatic rings. The molecule has 1 unspecified atom stereocenters. The van der Waals surface area contributed by atoms with Gasteiger partial charge in [-0.2, -0.15) is 0 Å². The lowest BCUT2D eigenvalue weighted by atomic mass is 10.1. The number of hydrogen-bond acceptors (Lipinski definition) is 2. The van der Waals surface area contributed by atoms with Crippen molar-refractivity contribution in [1.82, 2.24) is 0 Å². The van der Waals surface area contributed by atoms with Crippen molar-refractivity contribution >= 4 is 17.6 Å². The third-order valence-corrected chi connectivity index (χ3v) is 2.03. The Bertz CT molecular complexity index is 345. The first kappa shape index (κ1) is 11.8. The van der Waals surface area contributed by atoms with Crippen LogP contribution in [0.1, 0.15) is 11.7 Å². The minimum absolute atomic E-state index is 0.194. The molecule has 0 saturated heterocycles. The van der Waals surface area contributed by atoms with Gasteiger partial charge in [0.1, 0.15) is 0 Å². The minimum Gasteiger partial charge on any atom is -0.479 e. The Labute approximate surface area is 92.9 Å². The molecule has 0 spiro atoms. The molecule has 0 saturated carbocycles. The lowest BCUT2D eigenvalue weighted by Gasteiger charge is -2.12. The van der Waals surface area contributed by atoms with Gasteiger partial charge in [0.15, 0.2) is 6.10 Å². The van der Waals surface area contributed by atoms with Crippen LogP contribution in [0, 0.1) is 0 Å². The van der Waals surface area contributed by atoms with Crippen molar-refractivity contribution in [3.8, 4) is 0 Å². The summed E-state index contributed by atoms with van der Waals surface area (Å²) in [4.78, 5) is 10.9. The van der Waals surface area contributed by atoms with Crippen LogP contribution in [-0.2, 0) is 9.53 Å². The molecular weight excluding hydrogens is 216 g/mol. The number of carboxylic acid groups (broad SMARTS) is 1. The Morgan fingerprint density at radius 2 is 2.13 bits per heavy atom. The molecule has 0 heterocycles. The van der Waals surface area contributed by atoms with E-state index in [1.165, 1.54) is 6.08 Å². The molecule has 0 radical (unpaired) electrons. The van der Waals surface area contributed by atoms with E-state index in [0.717, 1.165) is 0 Å². The van der Waals surface area contributed by atoms with Gasteiger partial charge in [0.25, 0.3) is 0 Å². The Kier molecular flexibility index (Phi) is 4.34. The quantitative estimate of drug-likeness (QED) is 0.786. The second kappa shape index (κ2) is 5.53. The van der Waals surface area contributed by atoms with Crippen LogP contribution in [0.2, 0.25) is 5.02 Å². The molecule has 0 bridgehead atoms. The van der Waals surface area contributed by atoms with E-state index in [1.807, 2.05) is 0 Å². The highest BCUT2D eigenvalue weighted by Crippen LogP contribution is 2.20. The van der Waals surface area contributed by atoms with Gasteiger partial charge in [-0.15, -0.1) is 6.58 Å². The SMILES string of the molecule is C=CCOC(C(=O)O)c1ccc(Cl)cc1. The Morgan fingerprint density at radius 1 is 1.53 bits per heavy atom. The maximum Gasteiger partial charge on any atom is 0.337 e. The highest BCUT2D eigenvalue weighted by Gasteiger charge is 2.19. The average Bonchev–Trinajstić information content (AvgIpc) is 2.21. The van der Waals surface area contributed by atoms with Gasteiger partial charge in [0.05, 0.1) is 6.61 Å². The molecule has 1 N–H and O–H groups in total.